The molecule has 2 aliphatic heterocycles. The van der Waals surface area contributed by atoms with Gasteiger partial charge in [-0.2, -0.15) is 0 Å². The summed E-state index contributed by atoms with van der Waals surface area (Å²) in [5.74, 6) is 0. The van der Waals surface area contributed by atoms with E-state index in [9.17, 15) is 0 Å². The highest BCUT2D eigenvalue weighted by molar-refractivity contribution is 7.00. The predicted molar refractivity (Wildman–Crippen MR) is 327 cm³/mol. The van der Waals surface area contributed by atoms with Crippen LogP contribution in [-0.2, 0) is 21.7 Å². The number of furan rings is 1. The Labute approximate surface area is 451 Å². The minimum Gasteiger partial charge on any atom is -0.456 e. The Kier molecular flexibility index (Phi) is 11.4. The van der Waals surface area contributed by atoms with E-state index >= 15 is 0 Å². The maximum absolute atomic E-state index is 6.26. The van der Waals surface area contributed by atoms with Gasteiger partial charge in [-0.3, -0.25) is 0 Å². The van der Waals surface area contributed by atoms with Gasteiger partial charge in [0.1, 0.15) is 11.2 Å². The average molecular weight is 992 g/mol. The molecule has 0 spiro atoms. The fourth-order valence-corrected chi connectivity index (χ4v) is 11.8. The Bertz CT molecular complexity index is 3800. The SMILES string of the molecule is Cc1cc2c3c(c1)N(c1ccc(-c4ccc5oc6ccccc6c5c4)cc1)c1cc(N(c4ccc(C(C)(C)C)cc4)c4ccc(C(C)(C)C)cc4)ccc1B3c1cc(C(C)(C)C)ccc1N2c1ccc(C(C)(C)C)cc1. The summed E-state index contributed by atoms with van der Waals surface area (Å²) < 4.78 is 6.26. The number of para-hydroxylation sites is 1. The molecule has 0 unspecified atom stereocenters. The molecule has 1 aromatic heterocycles. The molecule has 0 N–H and O–H groups in total. The van der Waals surface area contributed by atoms with Crippen LogP contribution in [-0.4, -0.2) is 6.71 Å². The zero-order chi connectivity index (χ0) is 53.2. The first-order valence-electron chi connectivity index (χ1n) is 27.3. The van der Waals surface area contributed by atoms with E-state index in [1.54, 1.807) is 0 Å². The molecular weight excluding hydrogens is 922 g/mol. The molecule has 0 saturated carbocycles. The fourth-order valence-electron chi connectivity index (χ4n) is 11.8. The zero-order valence-electron chi connectivity index (χ0n) is 46.7. The van der Waals surface area contributed by atoms with Gasteiger partial charge in [0.25, 0.3) is 6.71 Å². The predicted octanol–water partition coefficient (Wildman–Crippen LogP) is 18.3. The lowest BCUT2D eigenvalue weighted by Crippen LogP contribution is -2.61. The van der Waals surface area contributed by atoms with Crippen molar-refractivity contribution in [1.29, 1.82) is 0 Å². The molecule has 5 heteroatoms. The topological polar surface area (TPSA) is 22.9 Å². The van der Waals surface area contributed by atoms with E-state index in [1.165, 1.54) is 67.0 Å². The molecule has 4 nitrogen and oxygen atoms in total. The summed E-state index contributed by atoms with van der Waals surface area (Å²) in [7, 11) is 0. The van der Waals surface area contributed by atoms with Crippen molar-refractivity contribution >= 4 is 96.2 Å². The van der Waals surface area contributed by atoms with Gasteiger partial charge in [-0.05, 0) is 181 Å². The quantitative estimate of drug-likeness (QED) is 0.155. The maximum atomic E-state index is 6.26. The lowest BCUT2D eigenvalue weighted by atomic mass is 9.33. The van der Waals surface area contributed by atoms with Crippen molar-refractivity contribution in [3.8, 4) is 11.1 Å². The second kappa shape index (κ2) is 17.7. The summed E-state index contributed by atoms with van der Waals surface area (Å²) in [5.41, 5.74) is 25.0. The van der Waals surface area contributed by atoms with Gasteiger partial charge >= 0.3 is 0 Å². The molecule has 0 radical (unpaired) electrons. The molecule has 0 saturated heterocycles. The number of aryl methyl sites for hydroxylation is 1. The lowest BCUT2D eigenvalue weighted by Gasteiger charge is -2.45. The van der Waals surface area contributed by atoms with Crippen LogP contribution >= 0.6 is 0 Å². The fraction of sp³-hybridized carbons (Fsp3) is 0.239. The first-order valence-corrected chi connectivity index (χ1v) is 27.3. The summed E-state index contributed by atoms with van der Waals surface area (Å²) >= 11 is 0. The van der Waals surface area contributed by atoms with Gasteiger partial charge in [-0.25, -0.2) is 0 Å². The van der Waals surface area contributed by atoms with Gasteiger partial charge in [0.05, 0.1) is 0 Å². The molecule has 378 valence electrons. The molecule has 0 amide bonds. The van der Waals surface area contributed by atoms with Crippen molar-refractivity contribution in [3.05, 3.63) is 216 Å². The van der Waals surface area contributed by atoms with Crippen molar-refractivity contribution in [2.24, 2.45) is 0 Å². The number of hydrogen-bond donors (Lipinski definition) is 0. The van der Waals surface area contributed by atoms with Crippen molar-refractivity contribution in [2.75, 3.05) is 14.7 Å². The Morgan fingerprint density at radius 3 is 1.41 bits per heavy atom. The largest absolute Gasteiger partial charge is 0.456 e. The number of anilines is 9. The number of rotatable bonds is 6. The van der Waals surface area contributed by atoms with E-state index in [-0.39, 0.29) is 28.4 Å². The Morgan fingerprint density at radius 1 is 0.368 bits per heavy atom. The number of nitrogens with zero attached hydrogens (tertiary/aromatic N) is 3. The van der Waals surface area contributed by atoms with Crippen LogP contribution in [0.15, 0.2) is 192 Å². The third-order valence-electron chi connectivity index (χ3n) is 16.1. The Balaban J connectivity index is 1.09. The van der Waals surface area contributed by atoms with E-state index in [0.717, 1.165) is 61.5 Å². The lowest BCUT2D eigenvalue weighted by molar-refractivity contribution is 0.590. The highest BCUT2D eigenvalue weighted by Gasteiger charge is 2.44. The Morgan fingerprint density at radius 2 is 0.842 bits per heavy atom. The molecule has 10 aromatic rings. The number of hydrogen-bond acceptors (Lipinski definition) is 4. The van der Waals surface area contributed by atoms with E-state index in [1.807, 2.05) is 6.07 Å². The van der Waals surface area contributed by atoms with Crippen molar-refractivity contribution < 1.29 is 4.42 Å². The van der Waals surface area contributed by atoms with Crippen molar-refractivity contribution in [2.45, 2.75) is 112 Å². The normalized spacial score (nSPS) is 13.5. The van der Waals surface area contributed by atoms with E-state index in [4.69, 9.17) is 4.42 Å². The van der Waals surface area contributed by atoms with Crippen molar-refractivity contribution in [3.63, 3.8) is 0 Å². The summed E-state index contributed by atoms with van der Waals surface area (Å²) in [6.45, 7) is 29.8. The standard InChI is InChI=1S/C71H70BN3O/c1-45-40-63-67-64(41-45)75(54-28-18-46(19-29-54)47-20-39-66-58(42-47)57-16-14-15-17-65(57)76-66)62-44-56(73(52-30-21-48(22-31-52)68(2,3)4)53-32-23-49(24-33-53)69(5,6)7)36-37-59(62)72(67)60-43-51(71(11,12)13)27-38-61(60)74(63)55-34-25-50(26-35-55)70(8,9)10/h14-44H,1-13H3. The molecule has 3 heterocycles. The number of benzene rings is 9. The molecule has 12 rings (SSSR count). The zero-order valence-corrected chi connectivity index (χ0v) is 46.7. The van der Waals surface area contributed by atoms with E-state index in [0.29, 0.717) is 0 Å². The van der Waals surface area contributed by atoms with Crippen LogP contribution in [0.1, 0.15) is 111 Å². The van der Waals surface area contributed by atoms with Gasteiger partial charge in [-0.15, -0.1) is 0 Å². The van der Waals surface area contributed by atoms with Crippen LogP contribution in [0.25, 0.3) is 33.1 Å². The maximum Gasteiger partial charge on any atom is 0.252 e. The summed E-state index contributed by atoms with van der Waals surface area (Å²) in [6, 6.07) is 71.3. The van der Waals surface area contributed by atoms with Gasteiger partial charge in [0.15, 0.2) is 0 Å². The van der Waals surface area contributed by atoms with Gasteiger partial charge in [-0.1, -0.05) is 174 Å². The van der Waals surface area contributed by atoms with Gasteiger partial charge in [0.2, 0.25) is 0 Å². The second-order valence-corrected chi connectivity index (χ2v) is 25.7. The third-order valence-corrected chi connectivity index (χ3v) is 16.1. The highest BCUT2D eigenvalue weighted by Crippen LogP contribution is 2.48. The molecule has 76 heavy (non-hydrogen) atoms. The van der Waals surface area contributed by atoms with Crippen LogP contribution in [0.3, 0.4) is 0 Å². The summed E-state index contributed by atoms with van der Waals surface area (Å²) in [6.07, 6.45) is 0. The second-order valence-electron chi connectivity index (χ2n) is 25.7. The van der Waals surface area contributed by atoms with Gasteiger partial charge < -0.3 is 19.1 Å². The molecule has 0 fully saturated rings. The van der Waals surface area contributed by atoms with Crippen LogP contribution in [0.4, 0.5) is 51.2 Å². The van der Waals surface area contributed by atoms with Crippen molar-refractivity contribution in [1.82, 2.24) is 0 Å². The van der Waals surface area contributed by atoms with E-state index < -0.39 is 0 Å². The molecule has 9 aromatic carbocycles. The van der Waals surface area contributed by atoms with Crippen LogP contribution in [0, 0.1) is 6.92 Å². The average Bonchev–Trinajstić information content (AvgIpc) is 3.78. The smallest absolute Gasteiger partial charge is 0.252 e. The molecule has 2 aliphatic rings. The minimum absolute atomic E-state index is 0.0267. The van der Waals surface area contributed by atoms with Crippen LogP contribution in [0.2, 0.25) is 0 Å². The Hall–Kier alpha value is -7.76. The molecule has 0 bridgehead atoms. The molecule has 0 aliphatic carbocycles. The van der Waals surface area contributed by atoms with Crippen LogP contribution in [0.5, 0.6) is 0 Å². The first kappa shape index (κ1) is 49.1. The van der Waals surface area contributed by atoms with Crippen LogP contribution < -0.4 is 31.1 Å². The minimum atomic E-state index is -0.0550. The first-order chi connectivity index (χ1) is 36.1. The number of fused-ring (bicyclic) bond motifs is 7. The molecular formula is C71H70BN3O. The molecule has 0 atom stereocenters. The monoisotopic (exact) mass is 992 g/mol. The van der Waals surface area contributed by atoms with E-state index in [2.05, 4.69) is 287 Å². The third kappa shape index (κ3) is 8.49. The summed E-state index contributed by atoms with van der Waals surface area (Å²) in [4.78, 5) is 7.54. The summed E-state index contributed by atoms with van der Waals surface area (Å²) in [5, 5.41) is 2.26. The highest BCUT2D eigenvalue weighted by atomic mass is 16.3. The van der Waals surface area contributed by atoms with Gasteiger partial charge in [0, 0.05) is 62.0 Å².